The summed E-state index contributed by atoms with van der Waals surface area (Å²) in [6.45, 7) is 1.57. The Bertz CT molecular complexity index is 1460. The lowest BCUT2D eigenvalue weighted by Crippen LogP contribution is -2.43. The molecule has 1 fully saturated rings. The Kier molecular flexibility index (Phi) is 6.89. The molecule has 0 radical (unpaired) electrons. The molecule has 0 bridgehead atoms. The molecule has 2 amide bonds. The Labute approximate surface area is 216 Å². The molecular weight excluding hydrogens is 492 g/mol. The standard InChI is InChI=1S/C27H30N4O5S/c1-36-16-4-15-31-24-13-12-23(21-6-2-7-22(25(21)24)27(31)33)29-26(32)18-5-3-14-30(17-18)37(34,35)20-10-8-19(28)9-11-20/h2,6-13,18H,3-5,14-17,28H2,1H3,(H,29,32). The van der Waals surface area contributed by atoms with Crippen molar-refractivity contribution in [2.45, 2.75) is 24.2 Å². The first-order valence-electron chi connectivity index (χ1n) is 12.3. The molecule has 2 aliphatic heterocycles. The number of hydrogen-bond acceptors (Lipinski definition) is 6. The summed E-state index contributed by atoms with van der Waals surface area (Å²) in [5.41, 5.74) is 8.23. The van der Waals surface area contributed by atoms with Gasteiger partial charge in [0, 0.05) is 61.1 Å². The number of hydrogen-bond donors (Lipinski definition) is 2. The lowest BCUT2D eigenvalue weighted by atomic mass is 9.98. The van der Waals surface area contributed by atoms with Gasteiger partial charge in [-0.15, -0.1) is 0 Å². The quantitative estimate of drug-likeness (QED) is 0.345. The van der Waals surface area contributed by atoms with Crippen LogP contribution in [0.1, 0.15) is 29.6 Å². The second-order valence-corrected chi connectivity index (χ2v) is 11.4. The van der Waals surface area contributed by atoms with Gasteiger partial charge in [0.2, 0.25) is 15.9 Å². The van der Waals surface area contributed by atoms with Gasteiger partial charge in [-0.25, -0.2) is 8.42 Å². The number of benzene rings is 3. The second kappa shape index (κ2) is 10.1. The summed E-state index contributed by atoms with van der Waals surface area (Å²) in [4.78, 5) is 28.3. The molecule has 1 atom stereocenters. The molecule has 37 heavy (non-hydrogen) atoms. The molecule has 10 heteroatoms. The van der Waals surface area contributed by atoms with Gasteiger partial charge in [0.25, 0.3) is 5.91 Å². The third-order valence-electron chi connectivity index (χ3n) is 7.05. The zero-order valence-corrected chi connectivity index (χ0v) is 21.5. The predicted octanol–water partition coefficient (Wildman–Crippen LogP) is 3.46. The van der Waals surface area contributed by atoms with Crippen molar-refractivity contribution < 1.29 is 22.7 Å². The number of nitrogen functional groups attached to an aromatic ring is 1. The molecule has 0 saturated carbocycles. The lowest BCUT2D eigenvalue weighted by Gasteiger charge is -2.31. The number of methoxy groups -OCH3 is 1. The van der Waals surface area contributed by atoms with Crippen LogP contribution < -0.4 is 16.0 Å². The molecule has 3 N–H and O–H groups in total. The summed E-state index contributed by atoms with van der Waals surface area (Å²) in [7, 11) is -2.10. The highest BCUT2D eigenvalue weighted by molar-refractivity contribution is 7.89. The number of ether oxygens (including phenoxy) is 1. The highest BCUT2D eigenvalue weighted by atomic mass is 32.2. The van der Waals surface area contributed by atoms with Crippen LogP contribution in [0.25, 0.3) is 10.8 Å². The molecule has 5 rings (SSSR count). The van der Waals surface area contributed by atoms with Crippen molar-refractivity contribution in [3.8, 4) is 0 Å². The van der Waals surface area contributed by atoms with Crippen LogP contribution in [0.15, 0.2) is 59.5 Å². The fourth-order valence-electron chi connectivity index (χ4n) is 5.14. The Balaban J connectivity index is 1.36. The lowest BCUT2D eigenvalue weighted by molar-refractivity contribution is -0.120. The Hall–Kier alpha value is -3.47. The van der Waals surface area contributed by atoms with E-state index in [-0.39, 0.29) is 23.3 Å². The highest BCUT2D eigenvalue weighted by Crippen LogP contribution is 2.41. The average molecular weight is 523 g/mol. The van der Waals surface area contributed by atoms with Gasteiger partial charge in [-0.3, -0.25) is 9.59 Å². The van der Waals surface area contributed by atoms with Gasteiger partial charge >= 0.3 is 0 Å². The number of rotatable bonds is 8. The van der Waals surface area contributed by atoms with Gasteiger partial charge < -0.3 is 20.7 Å². The van der Waals surface area contributed by atoms with Crippen LogP contribution in [0.3, 0.4) is 0 Å². The number of carbonyl (C=O) groups is 2. The number of carbonyl (C=O) groups excluding carboxylic acids is 2. The zero-order chi connectivity index (χ0) is 26.2. The molecule has 0 spiro atoms. The molecule has 2 heterocycles. The molecule has 1 unspecified atom stereocenters. The zero-order valence-electron chi connectivity index (χ0n) is 20.6. The maximum atomic E-state index is 13.3. The summed E-state index contributed by atoms with van der Waals surface area (Å²) in [5, 5.41) is 4.62. The third-order valence-corrected chi connectivity index (χ3v) is 8.93. The second-order valence-electron chi connectivity index (χ2n) is 9.42. The maximum Gasteiger partial charge on any atom is 0.258 e. The number of amides is 2. The number of piperidine rings is 1. The van der Waals surface area contributed by atoms with E-state index >= 15 is 0 Å². The monoisotopic (exact) mass is 522 g/mol. The Morgan fingerprint density at radius 1 is 1.14 bits per heavy atom. The maximum absolute atomic E-state index is 13.3. The van der Waals surface area contributed by atoms with Crippen LogP contribution in [0.4, 0.5) is 17.1 Å². The van der Waals surface area contributed by atoms with Gasteiger partial charge in [-0.05, 0) is 61.7 Å². The van der Waals surface area contributed by atoms with Crippen molar-refractivity contribution in [1.29, 1.82) is 0 Å². The minimum Gasteiger partial charge on any atom is -0.399 e. The van der Waals surface area contributed by atoms with E-state index in [0.717, 1.165) is 16.5 Å². The van der Waals surface area contributed by atoms with Crippen molar-refractivity contribution in [2.75, 3.05) is 49.3 Å². The van der Waals surface area contributed by atoms with Crippen LogP contribution in [0.5, 0.6) is 0 Å². The van der Waals surface area contributed by atoms with Gasteiger partial charge in [-0.1, -0.05) is 12.1 Å². The minimum atomic E-state index is -3.73. The molecule has 0 aliphatic carbocycles. The van der Waals surface area contributed by atoms with E-state index in [1.807, 2.05) is 24.3 Å². The fourth-order valence-corrected chi connectivity index (χ4v) is 6.67. The van der Waals surface area contributed by atoms with E-state index in [1.54, 1.807) is 30.2 Å². The molecule has 3 aromatic rings. The SMILES string of the molecule is COCCCN1C(=O)c2cccc3c(NC(=O)C4CCCN(S(=O)(=O)c5ccc(N)cc5)C4)ccc1c23. The van der Waals surface area contributed by atoms with Gasteiger partial charge in [0.15, 0.2) is 0 Å². The van der Waals surface area contributed by atoms with Crippen molar-refractivity contribution in [3.05, 3.63) is 60.2 Å². The van der Waals surface area contributed by atoms with Gasteiger partial charge in [0.1, 0.15) is 0 Å². The van der Waals surface area contributed by atoms with E-state index in [0.29, 0.717) is 55.9 Å². The first kappa shape index (κ1) is 25.2. The summed E-state index contributed by atoms with van der Waals surface area (Å²) >= 11 is 0. The number of sulfonamides is 1. The molecule has 3 aromatic carbocycles. The average Bonchev–Trinajstić information content (AvgIpc) is 3.18. The smallest absolute Gasteiger partial charge is 0.258 e. The van der Waals surface area contributed by atoms with Crippen LogP contribution in [-0.4, -0.2) is 57.9 Å². The third kappa shape index (κ3) is 4.68. The molecule has 2 aliphatic rings. The van der Waals surface area contributed by atoms with Crippen LogP contribution in [0.2, 0.25) is 0 Å². The minimum absolute atomic E-state index is 0.0593. The van der Waals surface area contributed by atoms with Crippen LogP contribution >= 0.6 is 0 Å². The Morgan fingerprint density at radius 2 is 1.92 bits per heavy atom. The van der Waals surface area contributed by atoms with Crippen molar-refractivity contribution in [3.63, 3.8) is 0 Å². The first-order valence-corrected chi connectivity index (χ1v) is 13.8. The number of nitrogens with one attached hydrogen (secondary N) is 1. The number of nitrogens with zero attached hydrogens (tertiary/aromatic N) is 2. The number of nitrogens with two attached hydrogens (primary N) is 1. The van der Waals surface area contributed by atoms with Gasteiger partial charge in [-0.2, -0.15) is 4.31 Å². The predicted molar refractivity (Wildman–Crippen MR) is 143 cm³/mol. The van der Waals surface area contributed by atoms with Crippen molar-refractivity contribution in [1.82, 2.24) is 4.31 Å². The van der Waals surface area contributed by atoms with Crippen LogP contribution in [0, 0.1) is 5.92 Å². The van der Waals surface area contributed by atoms with E-state index in [2.05, 4.69) is 5.32 Å². The topological polar surface area (TPSA) is 122 Å². The largest absolute Gasteiger partial charge is 0.399 e. The summed E-state index contributed by atoms with van der Waals surface area (Å²) in [6, 6.07) is 15.3. The summed E-state index contributed by atoms with van der Waals surface area (Å²) < 4.78 is 32.8. The van der Waals surface area contributed by atoms with E-state index in [1.165, 1.54) is 16.4 Å². The molecule has 0 aromatic heterocycles. The molecule has 194 valence electrons. The number of anilines is 3. The van der Waals surface area contributed by atoms with E-state index in [9.17, 15) is 18.0 Å². The summed E-state index contributed by atoms with van der Waals surface area (Å²) in [5.74, 6) is -0.789. The normalized spacial score (nSPS) is 17.9. The molecule has 9 nitrogen and oxygen atoms in total. The fraction of sp³-hybridized carbons (Fsp3) is 0.333. The van der Waals surface area contributed by atoms with Crippen molar-refractivity contribution >= 4 is 49.7 Å². The first-order chi connectivity index (χ1) is 17.8. The van der Waals surface area contributed by atoms with E-state index < -0.39 is 15.9 Å². The molecule has 1 saturated heterocycles. The van der Waals surface area contributed by atoms with Crippen molar-refractivity contribution in [2.24, 2.45) is 5.92 Å². The Morgan fingerprint density at radius 3 is 2.68 bits per heavy atom. The highest BCUT2D eigenvalue weighted by Gasteiger charge is 2.34. The van der Waals surface area contributed by atoms with Crippen LogP contribution in [-0.2, 0) is 19.6 Å². The van der Waals surface area contributed by atoms with E-state index in [4.69, 9.17) is 10.5 Å². The summed E-state index contributed by atoms with van der Waals surface area (Å²) in [6.07, 6.45) is 1.89. The molecular formula is C27H30N4O5S. The van der Waals surface area contributed by atoms with Gasteiger partial charge in [0.05, 0.1) is 16.5 Å².